The van der Waals surface area contributed by atoms with Crippen molar-refractivity contribution in [1.29, 1.82) is 0 Å². The molecule has 27 heavy (non-hydrogen) atoms. The number of sulfonamides is 1. The second-order valence-corrected chi connectivity index (χ2v) is 8.73. The van der Waals surface area contributed by atoms with E-state index in [-0.39, 0.29) is 5.75 Å². The van der Waals surface area contributed by atoms with Crippen molar-refractivity contribution in [2.24, 2.45) is 4.99 Å². The van der Waals surface area contributed by atoms with Crippen molar-refractivity contribution in [2.45, 2.75) is 13.0 Å². The van der Waals surface area contributed by atoms with Crippen LogP contribution in [0.5, 0.6) is 0 Å². The third-order valence-corrected chi connectivity index (χ3v) is 6.27. The van der Waals surface area contributed by atoms with Gasteiger partial charge in [-0.25, -0.2) is 13.4 Å². The fourth-order valence-electron chi connectivity index (χ4n) is 3.10. The minimum atomic E-state index is -3.36. The summed E-state index contributed by atoms with van der Waals surface area (Å²) in [6, 6.07) is 17.7. The Hall–Kier alpha value is -2.54. The van der Waals surface area contributed by atoms with Crippen LogP contribution in [0.15, 0.2) is 59.6 Å². The number of benzene rings is 2. The molecule has 6 nitrogen and oxygen atoms in total. The molecule has 0 unspecified atom stereocenters. The molecule has 0 amide bonds. The van der Waals surface area contributed by atoms with Crippen molar-refractivity contribution in [3.8, 4) is 0 Å². The third-order valence-electron chi connectivity index (χ3n) is 4.50. The topological polar surface area (TPSA) is 65.0 Å². The van der Waals surface area contributed by atoms with Crippen molar-refractivity contribution < 1.29 is 8.42 Å². The minimum Gasteiger partial charge on any atom is -0.355 e. The zero-order chi connectivity index (χ0) is 19.3. The molecule has 0 spiro atoms. The Labute approximate surface area is 161 Å². The lowest BCUT2D eigenvalue weighted by Gasteiger charge is -2.21. The summed E-state index contributed by atoms with van der Waals surface area (Å²) in [5.74, 6) is 0.704. The number of hydrogen-bond acceptors (Lipinski definition) is 3. The predicted octanol–water partition coefficient (Wildman–Crippen LogP) is 2.09. The Balaban J connectivity index is 1.60. The van der Waals surface area contributed by atoms with Crippen LogP contribution in [0.4, 0.5) is 5.69 Å². The Morgan fingerprint density at radius 2 is 1.81 bits per heavy atom. The van der Waals surface area contributed by atoms with Gasteiger partial charge in [0.05, 0.1) is 18.0 Å². The maximum atomic E-state index is 12.8. The van der Waals surface area contributed by atoms with Crippen molar-refractivity contribution in [3.63, 3.8) is 0 Å². The van der Waals surface area contributed by atoms with Crippen LogP contribution in [0, 0.1) is 0 Å². The maximum Gasteiger partial charge on any atom is 0.236 e. The molecule has 0 saturated carbocycles. The summed E-state index contributed by atoms with van der Waals surface area (Å²) in [5.41, 5.74) is 3.01. The molecule has 1 heterocycles. The van der Waals surface area contributed by atoms with Gasteiger partial charge in [-0.1, -0.05) is 48.5 Å². The van der Waals surface area contributed by atoms with Crippen molar-refractivity contribution in [2.75, 3.05) is 37.2 Å². The second-order valence-electron chi connectivity index (χ2n) is 6.71. The van der Waals surface area contributed by atoms with Gasteiger partial charge in [0.2, 0.25) is 10.0 Å². The fourth-order valence-corrected chi connectivity index (χ4v) is 4.53. The summed E-state index contributed by atoms with van der Waals surface area (Å²) in [4.78, 5) is 6.43. The molecular formula is C20H26N4O2S. The number of rotatable bonds is 6. The van der Waals surface area contributed by atoms with Crippen molar-refractivity contribution in [3.05, 3.63) is 65.7 Å². The van der Waals surface area contributed by atoms with Crippen LogP contribution >= 0.6 is 0 Å². The van der Waals surface area contributed by atoms with E-state index in [9.17, 15) is 8.42 Å². The molecule has 0 fully saturated rings. The van der Waals surface area contributed by atoms with E-state index in [1.165, 1.54) is 4.31 Å². The molecule has 2 aromatic carbocycles. The molecule has 3 rings (SSSR count). The van der Waals surface area contributed by atoms with Gasteiger partial charge in [-0.2, -0.15) is 0 Å². The van der Waals surface area contributed by atoms with Crippen molar-refractivity contribution >= 4 is 21.7 Å². The van der Waals surface area contributed by atoms with E-state index in [1.807, 2.05) is 73.6 Å². The molecule has 7 heteroatoms. The molecule has 0 atom stereocenters. The first-order chi connectivity index (χ1) is 13.0. The normalized spacial score (nSPS) is 14.1. The van der Waals surface area contributed by atoms with Gasteiger partial charge in [0, 0.05) is 27.2 Å². The number of fused-ring (bicyclic) bond motifs is 1. The molecular weight excluding hydrogens is 360 g/mol. The van der Waals surface area contributed by atoms with Crippen LogP contribution < -0.4 is 9.62 Å². The van der Waals surface area contributed by atoms with E-state index in [2.05, 4.69) is 10.3 Å². The number of nitrogens with zero attached hydrogens (tertiary/aromatic N) is 3. The van der Waals surface area contributed by atoms with Gasteiger partial charge < -0.3 is 10.2 Å². The Morgan fingerprint density at radius 1 is 1.11 bits per heavy atom. The quantitative estimate of drug-likeness (QED) is 0.610. The van der Waals surface area contributed by atoms with Crippen LogP contribution in [0.25, 0.3) is 0 Å². The number of nitrogens with one attached hydrogen (secondary N) is 1. The summed E-state index contributed by atoms with van der Waals surface area (Å²) in [6.07, 6.45) is 0.768. The molecule has 1 aliphatic heterocycles. The van der Waals surface area contributed by atoms with Crippen LogP contribution in [0.2, 0.25) is 0 Å². The minimum absolute atomic E-state index is 0.0273. The van der Waals surface area contributed by atoms with Crippen LogP contribution in [-0.4, -0.2) is 52.2 Å². The lowest BCUT2D eigenvalue weighted by Crippen LogP contribution is -2.41. The average Bonchev–Trinajstić information content (AvgIpc) is 3.10. The van der Waals surface area contributed by atoms with Crippen LogP contribution in [-0.2, 0) is 23.0 Å². The summed E-state index contributed by atoms with van der Waals surface area (Å²) in [7, 11) is 0.417. The lowest BCUT2D eigenvalue weighted by atomic mass is 10.2. The van der Waals surface area contributed by atoms with E-state index in [4.69, 9.17) is 0 Å². The highest BCUT2D eigenvalue weighted by Gasteiger charge is 2.28. The number of anilines is 1. The zero-order valence-corrected chi connectivity index (χ0v) is 16.6. The fraction of sp³-hybridized carbons (Fsp3) is 0.350. The Bertz CT molecular complexity index is 895. The zero-order valence-electron chi connectivity index (χ0n) is 15.8. The third kappa shape index (κ3) is 4.80. The second kappa shape index (κ2) is 8.43. The van der Waals surface area contributed by atoms with Crippen molar-refractivity contribution in [1.82, 2.24) is 10.2 Å². The Kier molecular flexibility index (Phi) is 6.01. The monoisotopic (exact) mass is 386 g/mol. The average molecular weight is 387 g/mol. The van der Waals surface area contributed by atoms with Crippen LogP contribution in [0.3, 0.4) is 0 Å². The summed E-state index contributed by atoms with van der Waals surface area (Å²) < 4.78 is 27.0. The van der Waals surface area contributed by atoms with E-state index < -0.39 is 10.0 Å². The number of guanidine groups is 1. The first kappa shape index (κ1) is 19.2. The smallest absolute Gasteiger partial charge is 0.236 e. The largest absolute Gasteiger partial charge is 0.355 e. The van der Waals surface area contributed by atoms with Gasteiger partial charge >= 0.3 is 0 Å². The molecule has 1 N–H and O–H groups in total. The standard InChI is InChI=1S/C20H26N4O2S/c1-23(2)20(22-16-17-8-4-3-5-9-17)21-13-15-27(25,26)24-14-12-18-10-6-7-11-19(18)24/h3-11H,12-16H2,1-2H3,(H,21,22). The predicted molar refractivity (Wildman–Crippen MR) is 111 cm³/mol. The first-order valence-electron chi connectivity index (χ1n) is 9.05. The van der Waals surface area contributed by atoms with E-state index in [0.29, 0.717) is 25.6 Å². The molecule has 144 valence electrons. The lowest BCUT2D eigenvalue weighted by molar-refractivity contribution is 0.575. The number of aliphatic imine (C=N–C) groups is 1. The SMILES string of the molecule is CN(C)C(=NCc1ccccc1)NCCS(=O)(=O)N1CCc2ccccc21. The number of para-hydroxylation sites is 1. The van der Waals surface area contributed by atoms with Gasteiger partial charge in [-0.05, 0) is 23.6 Å². The van der Waals surface area contributed by atoms with E-state index >= 15 is 0 Å². The molecule has 0 aliphatic carbocycles. The molecule has 1 aliphatic rings. The highest BCUT2D eigenvalue weighted by molar-refractivity contribution is 7.92. The summed E-state index contributed by atoms with van der Waals surface area (Å²) >= 11 is 0. The maximum absolute atomic E-state index is 12.8. The van der Waals surface area contributed by atoms with Gasteiger partial charge in [0.25, 0.3) is 0 Å². The van der Waals surface area contributed by atoms with E-state index in [0.717, 1.165) is 23.2 Å². The highest BCUT2D eigenvalue weighted by Crippen LogP contribution is 2.29. The highest BCUT2D eigenvalue weighted by atomic mass is 32.2. The summed E-state index contributed by atoms with van der Waals surface area (Å²) in [6.45, 7) is 1.38. The molecule has 0 radical (unpaired) electrons. The van der Waals surface area contributed by atoms with Gasteiger partial charge in [-0.3, -0.25) is 4.31 Å². The van der Waals surface area contributed by atoms with Gasteiger partial charge in [-0.15, -0.1) is 0 Å². The Morgan fingerprint density at radius 3 is 2.56 bits per heavy atom. The molecule has 0 bridgehead atoms. The number of hydrogen-bond donors (Lipinski definition) is 1. The molecule has 2 aromatic rings. The summed E-state index contributed by atoms with van der Waals surface area (Å²) in [5, 5.41) is 3.16. The van der Waals surface area contributed by atoms with Gasteiger partial charge in [0.15, 0.2) is 5.96 Å². The molecule has 0 aromatic heterocycles. The molecule has 0 saturated heterocycles. The van der Waals surface area contributed by atoms with Crippen LogP contribution in [0.1, 0.15) is 11.1 Å². The van der Waals surface area contributed by atoms with Gasteiger partial charge in [0.1, 0.15) is 0 Å². The first-order valence-corrected chi connectivity index (χ1v) is 10.7. The van der Waals surface area contributed by atoms with E-state index in [1.54, 1.807) is 0 Å².